The summed E-state index contributed by atoms with van der Waals surface area (Å²) in [6.45, 7) is 0.481. The summed E-state index contributed by atoms with van der Waals surface area (Å²) in [5.74, 6) is -1.62. The van der Waals surface area contributed by atoms with Crippen molar-refractivity contribution in [3.8, 4) is 0 Å². The summed E-state index contributed by atoms with van der Waals surface area (Å²) < 4.78 is 18.4. The van der Waals surface area contributed by atoms with E-state index in [9.17, 15) is 14.0 Å². The molecule has 0 aromatic heterocycles. The first-order chi connectivity index (χ1) is 8.09. The largest absolute Gasteiger partial charge is 0.380 e. The van der Waals surface area contributed by atoms with Gasteiger partial charge in [0, 0.05) is 16.5 Å². The van der Waals surface area contributed by atoms with E-state index in [0.717, 1.165) is 0 Å². The molecule has 1 aromatic carbocycles. The number of ether oxygens (including phenoxy) is 1. The molecule has 5 heteroatoms. The van der Waals surface area contributed by atoms with E-state index < -0.39 is 11.7 Å². The average Bonchev–Trinajstić information content (AvgIpc) is 2.29. The van der Waals surface area contributed by atoms with Crippen LogP contribution in [0.1, 0.15) is 16.8 Å². The molecule has 0 spiro atoms. The molecule has 0 N–H and O–H groups in total. The van der Waals surface area contributed by atoms with E-state index >= 15 is 0 Å². The first-order valence-corrected chi connectivity index (χ1v) is 5.98. The van der Waals surface area contributed by atoms with Gasteiger partial charge in [0.25, 0.3) is 0 Å². The van der Waals surface area contributed by atoms with Crippen LogP contribution in [-0.2, 0) is 9.53 Å². The minimum absolute atomic E-state index is 0.113. The summed E-state index contributed by atoms with van der Waals surface area (Å²) in [5, 5.41) is 0. The Morgan fingerprint density at radius 1 is 1.47 bits per heavy atom. The molecule has 1 aromatic rings. The summed E-state index contributed by atoms with van der Waals surface area (Å²) in [7, 11) is 0. The van der Waals surface area contributed by atoms with E-state index in [2.05, 4.69) is 15.9 Å². The van der Waals surface area contributed by atoms with Gasteiger partial charge < -0.3 is 4.74 Å². The number of hydrogen-bond acceptors (Lipinski definition) is 3. The molecule has 0 radical (unpaired) electrons. The van der Waals surface area contributed by atoms with Crippen molar-refractivity contribution in [2.45, 2.75) is 6.42 Å². The van der Waals surface area contributed by atoms with Crippen LogP contribution < -0.4 is 0 Å². The van der Waals surface area contributed by atoms with Crippen LogP contribution in [0.3, 0.4) is 0 Å². The second-order valence-corrected chi connectivity index (χ2v) is 4.69. The van der Waals surface area contributed by atoms with E-state index in [1.807, 2.05) is 0 Å². The van der Waals surface area contributed by atoms with Gasteiger partial charge in [0.15, 0.2) is 5.78 Å². The number of halogens is 2. The highest BCUT2D eigenvalue weighted by atomic mass is 79.9. The zero-order chi connectivity index (χ0) is 12.4. The second kappa shape index (κ2) is 5.06. The van der Waals surface area contributed by atoms with Crippen molar-refractivity contribution in [2.24, 2.45) is 5.92 Å². The zero-order valence-corrected chi connectivity index (χ0v) is 10.5. The minimum Gasteiger partial charge on any atom is -0.380 e. The van der Waals surface area contributed by atoms with Gasteiger partial charge in [-0.25, -0.2) is 4.39 Å². The summed E-state index contributed by atoms with van der Waals surface area (Å²) in [5.41, 5.74) is 0.315. The number of carbonyl (C=O) groups is 2. The Kier molecular flexibility index (Phi) is 3.69. The van der Waals surface area contributed by atoms with Crippen molar-refractivity contribution in [1.29, 1.82) is 0 Å². The fourth-order valence-electron chi connectivity index (χ4n) is 1.74. The molecule has 90 valence electrons. The first kappa shape index (κ1) is 12.4. The van der Waals surface area contributed by atoms with Gasteiger partial charge in [0.05, 0.1) is 13.2 Å². The van der Waals surface area contributed by atoms with Gasteiger partial charge in [0.1, 0.15) is 17.5 Å². The van der Waals surface area contributed by atoms with Crippen LogP contribution in [0.4, 0.5) is 4.39 Å². The van der Waals surface area contributed by atoms with Crippen LogP contribution in [-0.4, -0.2) is 24.8 Å². The third-order valence-electron chi connectivity index (χ3n) is 2.68. The van der Waals surface area contributed by atoms with E-state index in [4.69, 9.17) is 4.74 Å². The van der Waals surface area contributed by atoms with Crippen LogP contribution in [0.15, 0.2) is 22.7 Å². The highest BCUT2D eigenvalue weighted by molar-refractivity contribution is 9.10. The number of Topliss-reactive ketones (excluding diaryl/α,β-unsaturated/α-hetero) is 2. The van der Waals surface area contributed by atoms with Crippen molar-refractivity contribution >= 4 is 27.5 Å². The van der Waals surface area contributed by atoms with E-state index in [0.29, 0.717) is 16.6 Å². The molecule has 17 heavy (non-hydrogen) atoms. The molecule has 1 aliphatic rings. The van der Waals surface area contributed by atoms with Crippen LogP contribution in [0.25, 0.3) is 0 Å². The van der Waals surface area contributed by atoms with Crippen LogP contribution in [0.5, 0.6) is 0 Å². The van der Waals surface area contributed by atoms with Gasteiger partial charge in [0.2, 0.25) is 0 Å². The number of benzene rings is 1. The predicted octanol–water partition coefficient (Wildman–Crippen LogP) is 2.38. The first-order valence-electron chi connectivity index (χ1n) is 5.19. The fraction of sp³-hybridized carbons (Fsp3) is 0.333. The van der Waals surface area contributed by atoms with Crippen molar-refractivity contribution in [3.63, 3.8) is 0 Å². The van der Waals surface area contributed by atoms with Crippen LogP contribution in [0.2, 0.25) is 0 Å². The normalized spacial score (nSPS) is 20.4. The highest BCUT2D eigenvalue weighted by Gasteiger charge is 2.31. The van der Waals surface area contributed by atoms with Gasteiger partial charge >= 0.3 is 0 Å². The van der Waals surface area contributed by atoms with Crippen molar-refractivity contribution < 1.29 is 18.7 Å². The third kappa shape index (κ3) is 2.61. The third-order valence-corrected chi connectivity index (χ3v) is 3.34. The molecule has 0 aliphatic carbocycles. The molecule has 0 saturated carbocycles. The molecule has 1 aliphatic heterocycles. The number of hydrogen-bond donors (Lipinski definition) is 0. The molecule has 0 amide bonds. The maximum Gasteiger partial charge on any atom is 0.176 e. The SMILES string of the molecule is O=C1CCOCC1C(=O)c1ccc(F)cc1Br. The Hall–Kier alpha value is -1.07. The summed E-state index contributed by atoms with van der Waals surface area (Å²) in [4.78, 5) is 23.7. The van der Waals surface area contributed by atoms with Gasteiger partial charge in [-0.3, -0.25) is 9.59 Å². The van der Waals surface area contributed by atoms with E-state index in [1.54, 1.807) is 0 Å². The standard InChI is InChI=1S/C12H10BrFO3/c13-10-5-7(14)1-2-8(10)12(16)9-6-17-4-3-11(9)15/h1-2,5,9H,3-4,6H2. The maximum absolute atomic E-state index is 12.9. The molecule has 1 saturated heterocycles. The Balaban J connectivity index is 2.27. The lowest BCUT2D eigenvalue weighted by Crippen LogP contribution is -2.34. The summed E-state index contributed by atoms with van der Waals surface area (Å²) in [6, 6.07) is 3.79. The molecular weight excluding hydrogens is 291 g/mol. The van der Waals surface area contributed by atoms with Crippen molar-refractivity contribution in [1.82, 2.24) is 0 Å². The molecular formula is C12H10BrFO3. The molecule has 2 rings (SSSR count). The minimum atomic E-state index is -0.759. The lowest BCUT2D eigenvalue weighted by atomic mass is 9.91. The fourth-order valence-corrected chi connectivity index (χ4v) is 2.29. The Morgan fingerprint density at radius 2 is 2.24 bits per heavy atom. The van der Waals surface area contributed by atoms with Crippen LogP contribution in [0, 0.1) is 11.7 Å². The maximum atomic E-state index is 12.9. The molecule has 0 bridgehead atoms. The topological polar surface area (TPSA) is 43.4 Å². The Morgan fingerprint density at radius 3 is 2.88 bits per heavy atom. The quantitative estimate of drug-likeness (QED) is 0.622. The summed E-state index contributed by atoms with van der Waals surface area (Å²) >= 11 is 3.12. The number of ketones is 2. The smallest absolute Gasteiger partial charge is 0.176 e. The molecule has 1 atom stereocenters. The van der Waals surface area contributed by atoms with Crippen molar-refractivity contribution in [2.75, 3.05) is 13.2 Å². The summed E-state index contributed by atoms with van der Waals surface area (Å²) in [6.07, 6.45) is 0.259. The lowest BCUT2D eigenvalue weighted by molar-refractivity contribution is -0.128. The Labute approximate surface area is 106 Å². The Bertz CT molecular complexity index is 473. The lowest BCUT2D eigenvalue weighted by Gasteiger charge is -2.20. The van der Waals surface area contributed by atoms with Crippen LogP contribution >= 0.6 is 15.9 Å². The number of carbonyl (C=O) groups excluding carboxylic acids is 2. The monoisotopic (exact) mass is 300 g/mol. The van der Waals surface area contributed by atoms with E-state index in [1.165, 1.54) is 18.2 Å². The second-order valence-electron chi connectivity index (χ2n) is 3.83. The number of rotatable bonds is 2. The van der Waals surface area contributed by atoms with E-state index in [-0.39, 0.29) is 24.6 Å². The predicted molar refractivity (Wildman–Crippen MR) is 62.4 cm³/mol. The van der Waals surface area contributed by atoms with Crippen molar-refractivity contribution in [3.05, 3.63) is 34.1 Å². The molecule has 1 heterocycles. The zero-order valence-electron chi connectivity index (χ0n) is 8.91. The van der Waals surface area contributed by atoms with Gasteiger partial charge in [-0.15, -0.1) is 0 Å². The molecule has 3 nitrogen and oxygen atoms in total. The highest BCUT2D eigenvalue weighted by Crippen LogP contribution is 2.23. The van der Waals surface area contributed by atoms with Gasteiger partial charge in [-0.2, -0.15) is 0 Å². The molecule has 1 fully saturated rings. The molecule has 1 unspecified atom stereocenters. The van der Waals surface area contributed by atoms with Gasteiger partial charge in [-0.05, 0) is 34.1 Å². The average molecular weight is 301 g/mol. The van der Waals surface area contributed by atoms with Gasteiger partial charge in [-0.1, -0.05) is 0 Å².